The van der Waals surface area contributed by atoms with E-state index in [-0.39, 0.29) is 0 Å². The summed E-state index contributed by atoms with van der Waals surface area (Å²) in [4.78, 5) is 2.63. The van der Waals surface area contributed by atoms with Crippen LogP contribution in [0.1, 0.15) is 64.0 Å². The van der Waals surface area contributed by atoms with Gasteiger partial charge in [0.1, 0.15) is 0 Å². The molecule has 1 N–H and O–H groups in total. The van der Waals surface area contributed by atoms with E-state index in [4.69, 9.17) is 0 Å². The first-order valence-corrected chi connectivity index (χ1v) is 8.62. The zero-order chi connectivity index (χ0) is 15.2. The molecule has 0 amide bonds. The van der Waals surface area contributed by atoms with Gasteiger partial charge in [0.25, 0.3) is 0 Å². The van der Waals surface area contributed by atoms with Crippen molar-refractivity contribution in [2.24, 2.45) is 0 Å². The fraction of sp³-hybridized carbons (Fsp3) is 0.684. The summed E-state index contributed by atoms with van der Waals surface area (Å²) in [5.74, 6) is 0.579. The second-order valence-electron chi connectivity index (χ2n) is 7.02. The highest BCUT2D eigenvalue weighted by Crippen LogP contribution is 2.21. The number of hydrogen-bond donors (Lipinski definition) is 1. The van der Waals surface area contributed by atoms with Crippen LogP contribution in [0.15, 0.2) is 24.3 Å². The Kier molecular flexibility index (Phi) is 6.25. The van der Waals surface area contributed by atoms with Crippen LogP contribution in [-0.4, -0.2) is 30.1 Å². The van der Waals surface area contributed by atoms with Crippen molar-refractivity contribution in [2.45, 2.75) is 71.5 Å². The number of piperidine rings is 1. The quantitative estimate of drug-likeness (QED) is 0.845. The Morgan fingerprint density at radius 2 is 1.86 bits per heavy atom. The van der Waals surface area contributed by atoms with E-state index in [0.29, 0.717) is 12.0 Å². The third-order valence-corrected chi connectivity index (χ3v) is 4.71. The van der Waals surface area contributed by atoms with E-state index in [1.54, 1.807) is 0 Å². The molecule has 1 aliphatic rings. The maximum absolute atomic E-state index is 3.52. The van der Waals surface area contributed by atoms with Gasteiger partial charge in [0.05, 0.1) is 0 Å². The fourth-order valence-corrected chi connectivity index (χ4v) is 3.11. The third-order valence-electron chi connectivity index (χ3n) is 4.71. The first-order chi connectivity index (χ1) is 10.1. The Hall–Kier alpha value is -0.860. The zero-order valence-corrected chi connectivity index (χ0v) is 14.2. The Balaban J connectivity index is 1.89. The van der Waals surface area contributed by atoms with Crippen molar-refractivity contribution in [3.05, 3.63) is 35.4 Å². The molecule has 118 valence electrons. The predicted molar refractivity (Wildman–Crippen MR) is 91.7 cm³/mol. The number of hydrogen-bond acceptors (Lipinski definition) is 2. The first-order valence-electron chi connectivity index (χ1n) is 8.62. The van der Waals surface area contributed by atoms with E-state index >= 15 is 0 Å². The van der Waals surface area contributed by atoms with Gasteiger partial charge in [-0.25, -0.2) is 0 Å². The Morgan fingerprint density at radius 3 is 2.48 bits per heavy atom. The van der Waals surface area contributed by atoms with Gasteiger partial charge in [-0.2, -0.15) is 0 Å². The van der Waals surface area contributed by atoms with E-state index in [1.807, 2.05) is 0 Å². The van der Waals surface area contributed by atoms with Gasteiger partial charge in [0.2, 0.25) is 0 Å². The molecule has 1 aromatic carbocycles. The lowest BCUT2D eigenvalue weighted by Gasteiger charge is -2.33. The normalized spacial score (nSPS) is 21.7. The van der Waals surface area contributed by atoms with Crippen molar-refractivity contribution in [1.82, 2.24) is 10.2 Å². The summed E-state index contributed by atoms with van der Waals surface area (Å²) in [5.41, 5.74) is 2.90. The van der Waals surface area contributed by atoms with Crippen LogP contribution in [0.2, 0.25) is 0 Å². The van der Waals surface area contributed by atoms with Crippen molar-refractivity contribution in [3.8, 4) is 0 Å². The van der Waals surface area contributed by atoms with Crippen LogP contribution in [0.25, 0.3) is 0 Å². The molecular weight excluding hydrogens is 256 g/mol. The van der Waals surface area contributed by atoms with E-state index in [9.17, 15) is 0 Å². The van der Waals surface area contributed by atoms with E-state index in [0.717, 1.165) is 19.1 Å². The van der Waals surface area contributed by atoms with Crippen molar-refractivity contribution in [2.75, 3.05) is 13.1 Å². The van der Waals surface area contributed by atoms with Crippen molar-refractivity contribution >= 4 is 0 Å². The summed E-state index contributed by atoms with van der Waals surface area (Å²) in [6.07, 6.45) is 4.12. The molecule has 1 aliphatic heterocycles. The van der Waals surface area contributed by atoms with E-state index in [1.165, 1.54) is 36.9 Å². The molecule has 0 saturated carbocycles. The molecule has 0 aliphatic carbocycles. The van der Waals surface area contributed by atoms with Gasteiger partial charge in [-0.1, -0.05) is 51.5 Å². The topological polar surface area (TPSA) is 15.3 Å². The molecule has 2 heteroatoms. The minimum absolute atomic E-state index is 0.562. The van der Waals surface area contributed by atoms with Crippen molar-refractivity contribution < 1.29 is 0 Å². The largest absolute Gasteiger partial charge is 0.314 e. The average molecular weight is 288 g/mol. The molecule has 2 unspecified atom stereocenters. The van der Waals surface area contributed by atoms with Gasteiger partial charge in [-0.05, 0) is 43.4 Å². The molecule has 1 saturated heterocycles. The molecule has 2 nitrogen and oxygen atoms in total. The molecule has 2 atom stereocenters. The summed E-state index contributed by atoms with van der Waals surface area (Å²) in [6, 6.07) is 10.6. The van der Waals surface area contributed by atoms with Crippen LogP contribution >= 0.6 is 0 Å². The van der Waals surface area contributed by atoms with Crippen LogP contribution < -0.4 is 5.32 Å². The molecule has 0 radical (unpaired) electrons. The average Bonchev–Trinajstić information content (AvgIpc) is 2.48. The molecule has 1 fully saturated rings. The Morgan fingerprint density at radius 1 is 1.14 bits per heavy atom. The number of nitrogens with one attached hydrogen (secondary N) is 1. The number of rotatable bonds is 6. The highest BCUT2D eigenvalue weighted by molar-refractivity contribution is 5.25. The van der Waals surface area contributed by atoms with Gasteiger partial charge < -0.3 is 5.32 Å². The second-order valence-corrected chi connectivity index (χ2v) is 7.02. The minimum atomic E-state index is 0.562. The molecule has 1 heterocycles. The molecule has 2 rings (SSSR count). The van der Waals surface area contributed by atoms with Gasteiger partial charge in [0, 0.05) is 25.2 Å². The maximum Gasteiger partial charge on any atom is 0.0236 e. The van der Waals surface area contributed by atoms with Crippen LogP contribution in [0.5, 0.6) is 0 Å². The SMILES string of the molecule is CC(C)NCC(C)c1ccc(CN2CCCCC2C)cc1. The lowest BCUT2D eigenvalue weighted by atomic mass is 9.98. The lowest BCUT2D eigenvalue weighted by Crippen LogP contribution is -2.36. The molecular formula is C19H32N2. The van der Waals surface area contributed by atoms with Gasteiger partial charge in [0.15, 0.2) is 0 Å². The molecule has 21 heavy (non-hydrogen) atoms. The van der Waals surface area contributed by atoms with Crippen LogP contribution in [0, 0.1) is 0 Å². The summed E-state index contributed by atoms with van der Waals surface area (Å²) < 4.78 is 0. The summed E-state index contributed by atoms with van der Waals surface area (Å²) in [5, 5.41) is 3.52. The standard InChI is InChI=1S/C19H32N2/c1-15(2)20-13-16(3)19-10-8-18(9-11-19)14-21-12-6-5-7-17(21)4/h8-11,15-17,20H,5-7,12-14H2,1-4H3. The summed E-state index contributed by atoms with van der Waals surface area (Å²) in [7, 11) is 0. The maximum atomic E-state index is 3.52. The number of likely N-dealkylation sites (tertiary alicyclic amines) is 1. The Bertz CT molecular complexity index is 410. The summed E-state index contributed by atoms with van der Waals surface area (Å²) >= 11 is 0. The van der Waals surface area contributed by atoms with E-state index in [2.05, 4.69) is 62.2 Å². The Labute approximate surface area is 130 Å². The minimum Gasteiger partial charge on any atom is -0.314 e. The fourth-order valence-electron chi connectivity index (χ4n) is 3.11. The second kappa shape index (κ2) is 7.95. The van der Waals surface area contributed by atoms with Crippen molar-refractivity contribution in [1.29, 1.82) is 0 Å². The lowest BCUT2D eigenvalue weighted by molar-refractivity contribution is 0.152. The van der Waals surface area contributed by atoms with Gasteiger partial charge in [-0.3, -0.25) is 4.90 Å². The predicted octanol–water partition coefficient (Wildman–Crippen LogP) is 4.16. The molecule has 0 bridgehead atoms. The summed E-state index contributed by atoms with van der Waals surface area (Å²) in [6.45, 7) is 12.5. The van der Waals surface area contributed by atoms with Crippen molar-refractivity contribution in [3.63, 3.8) is 0 Å². The molecule has 0 aromatic heterocycles. The molecule has 0 spiro atoms. The highest BCUT2D eigenvalue weighted by atomic mass is 15.2. The highest BCUT2D eigenvalue weighted by Gasteiger charge is 2.18. The monoisotopic (exact) mass is 288 g/mol. The number of nitrogens with zero attached hydrogens (tertiary/aromatic N) is 1. The molecule has 1 aromatic rings. The van der Waals surface area contributed by atoms with Crippen LogP contribution in [-0.2, 0) is 6.54 Å². The number of benzene rings is 1. The zero-order valence-electron chi connectivity index (χ0n) is 14.2. The van der Waals surface area contributed by atoms with E-state index < -0.39 is 0 Å². The third kappa shape index (κ3) is 5.12. The van der Waals surface area contributed by atoms with Crippen LogP contribution in [0.3, 0.4) is 0 Å². The van der Waals surface area contributed by atoms with Crippen LogP contribution in [0.4, 0.5) is 0 Å². The smallest absolute Gasteiger partial charge is 0.0236 e. The first kappa shape index (κ1) is 16.5. The van der Waals surface area contributed by atoms with Gasteiger partial charge >= 0.3 is 0 Å². The van der Waals surface area contributed by atoms with Gasteiger partial charge in [-0.15, -0.1) is 0 Å².